The van der Waals surface area contributed by atoms with Crippen LogP contribution in [0.2, 0.25) is 5.02 Å². The summed E-state index contributed by atoms with van der Waals surface area (Å²) >= 11 is 5.70. The Kier molecular flexibility index (Phi) is 3.71. The van der Waals surface area contributed by atoms with Crippen molar-refractivity contribution in [2.45, 2.75) is 12.7 Å². The third kappa shape index (κ3) is 4.31. The molecule has 0 aliphatic rings. The first-order valence-corrected chi connectivity index (χ1v) is 6.17. The maximum absolute atomic E-state index is 11.3. The van der Waals surface area contributed by atoms with Crippen molar-refractivity contribution in [2.75, 3.05) is 0 Å². The minimum atomic E-state index is -3.61. The molecule has 0 saturated heterocycles. The lowest BCUT2D eigenvalue weighted by molar-refractivity contribution is -0.117. The molecule has 0 aliphatic heterocycles. The number of nitrogens with one attached hydrogen (secondary N) is 1. The normalized spacial score (nSPS) is 11.1. The molecule has 0 spiro atoms. The van der Waals surface area contributed by atoms with Crippen LogP contribution in [0.15, 0.2) is 24.3 Å². The highest BCUT2D eigenvalue weighted by molar-refractivity contribution is 7.89. The van der Waals surface area contributed by atoms with Crippen LogP contribution in [-0.2, 0) is 20.6 Å². The largest absolute Gasteiger partial charge is 0.274 e. The standard InChI is InChI=1S/C9H10ClNO3S/c1-7(12)11-15(13,14)6-8-3-2-4-9(10)5-8/h2-5H,6H2,1H3,(H,11,12). The van der Waals surface area contributed by atoms with Crippen LogP contribution in [0.5, 0.6) is 0 Å². The van der Waals surface area contributed by atoms with E-state index in [9.17, 15) is 13.2 Å². The van der Waals surface area contributed by atoms with Gasteiger partial charge in [-0.1, -0.05) is 23.7 Å². The molecule has 0 atom stereocenters. The Labute approximate surface area is 93.3 Å². The van der Waals surface area contributed by atoms with E-state index in [-0.39, 0.29) is 5.75 Å². The van der Waals surface area contributed by atoms with Gasteiger partial charge in [-0.25, -0.2) is 8.42 Å². The van der Waals surface area contributed by atoms with E-state index >= 15 is 0 Å². The molecule has 4 nitrogen and oxygen atoms in total. The minimum absolute atomic E-state index is 0.257. The average molecular weight is 248 g/mol. The topological polar surface area (TPSA) is 63.2 Å². The lowest BCUT2D eigenvalue weighted by Gasteiger charge is -2.04. The van der Waals surface area contributed by atoms with Gasteiger partial charge in [0.15, 0.2) is 0 Å². The molecule has 0 heterocycles. The van der Waals surface area contributed by atoms with E-state index in [1.165, 1.54) is 0 Å². The Morgan fingerprint density at radius 1 is 1.47 bits per heavy atom. The van der Waals surface area contributed by atoms with Crippen molar-refractivity contribution in [3.05, 3.63) is 34.9 Å². The van der Waals surface area contributed by atoms with Crippen molar-refractivity contribution in [3.8, 4) is 0 Å². The molecule has 0 bridgehead atoms. The number of rotatable bonds is 3. The van der Waals surface area contributed by atoms with Crippen molar-refractivity contribution in [3.63, 3.8) is 0 Å². The molecule has 0 aliphatic carbocycles. The number of sulfonamides is 1. The summed E-state index contributed by atoms with van der Waals surface area (Å²) in [6.07, 6.45) is 0. The summed E-state index contributed by atoms with van der Waals surface area (Å²) < 4.78 is 24.6. The van der Waals surface area contributed by atoms with Crippen molar-refractivity contribution < 1.29 is 13.2 Å². The predicted molar refractivity (Wildman–Crippen MR) is 57.9 cm³/mol. The smallest absolute Gasteiger partial charge is 0.239 e. The molecule has 1 rings (SSSR count). The first-order chi connectivity index (χ1) is 6.89. The molecule has 1 aromatic rings. The second-order valence-corrected chi connectivity index (χ2v) is 5.21. The zero-order valence-corrected chi connectivity index (χ0v) is 9.60. The average Bonchev–Trinajstić information content (AvgIpc) is 1.99. The Hall–Kier alpha value is -1.07. The monoisotopic (exact) mass is 247 g/mol. The summed E-state index contributed by atoms with van der Waals surface area (Å²) in [6, 6.07) is 6.48. The molecule has 1 amide bonds. The molecule has 0 saturated carbocycles. The minimum Gasteiger partial charge on any atom is -0.274 e. The van der Waals surface area contributed by atoms with Crippen LogP contribution >= 0.6 is 11.6 Å². The first-order valence-electron chi connectivity index (χ1n) is 4.14. The number of carbonyl (C=O) groups is 1. The van der Waals surface area contributed by atoms with Gasteiger partial charge in [-0.05, 0) is 17.7 Å². The second-order valence-electron chi connectivity index (χ2n) is 3.05. The number of hydrogen-bond donors (Lipinski definition) is 1. The van der Waals surface area contributed by atoms with Crippen LogP contribution in [0, 0.1) is 0 Å². The highest BCUT2D eigenvalue weighted by atomic mass is 35.5. The molecule has 0 unspecified atom stereocenters. The van der Waals surface area contributed by atoms with Gasteiger partial charge < -0.3 is 0 Å². The van der Waals surface area contributed by atoms with E-state index in [0.29, 0.717) is 10.6 Å². The summed E-state index contributed by atoms with van der Waals surface area (Å²) in [5.74, 6) is -0.857. The van der Waals surface area contributed by atoms with Crippen LogP contribution in [0.3, 0.4) is 0 Å². The van der Waals surface area contributed by atoms with Gasteiger partial charge in [0.1, 0.15) is 0 Å². The van der Waals surface area contributed by atoms with Crippen molar-refractivity contribution in [2.24, 2.45) is 0 Å². The molecule has 82 valence electrons. The van der Waals surface area contributed by atoms with Gasteiger partial charge in [-0.3, -0.25) is 9.52 Å². The zero-order valence-electron chi connectivity index (χ0n) is 8.03. The van der Waals surface area contributed by atoms with Crippen LogP contribution < -0.4 is 4.72 Å². The van der Waals surface area contributed by atoms with Crippen LogP contribution in [0.25, 0.3) is 0 Å². The highest BCUT2D eigenvalue weighted by Crippen LogP contribution is 2.12. The third-order valence-electron chi connectivity index (χ3n) is 1.54. The van der Waals surface area contributed by atoms with Gasteiger partial charge in [-0.2, -0.15) is 0 Å². The maximum Gasteiger partial charge on any atom is 0.239 e. The number of amides is 1. The van der Waals surface area contributed by atoms with Crippen molar-refractivity contribution in [1.29, 1.82) is 0 Å². The third-order valence-corrected chi connectivity index (χ3v) is 3.09. The SMILES string of the molecule is CC(=O)NS(=O)(=O)Cc1cccc(Cl)c1. The zero-order chi connectivity index (χ0) is 11.5. The molecule has 6 heteroatoms. The van der Waals surface area contributed by atoms with Gasteiger partial charge in [0.25, 0.3) is 0 Å². The molecule has 0 fully saturated rings. The van der Waals surface area contributed by atoms with E-state index in [2.05, 4.69) is 0 Å². The van der Waals surface area contributed by atoms with Gasteiger partial charge in [0, 0.05) is 11.9 Å². The van der Waals surface area contributed by atoms with Crippen LogP contribution in [0.4, 0.5) is 0 Å². The molecular formula is C9H10ClNO3S. The van der Waals surface area contributed by atoms with E-state index in [1.54, 1.807) is 24.3 Å². The summed E-state index contributed by atoms with van der Waals surface area (Å²) in [5.41, 5.74) is 0.538. The maximum atomic E-state index is 11.3. The van der Waals surface area contributed by atoms with E-state index in [1.807, 2.05) is 4.72 Å². The molecule has 1 aromatic carbocycles. The van der Waals surface area contributed by atoms with Gasteiger partial charge >= 0.3 is 0 Å². The number of carbonyl (C=O) groups excluding carboxylic acids is 1. The van der Waals surface area contributed by atoms with E-state index in [4.69, 9.17) is 11.6 Å². The number of halogens is 1. The van der Waals surface area contributed by atoms with Gasteiger partial charge in [0.2, 0.25) is 15.9 Å². The summed E-state index contributed by atoms with van der Waals surface area (Å²) in [4.78, 5) is 10.6. The molecular weight excluding hydrogens is 238 g/mol. The second kappa shape index (κ2) is 4.63. The Balaban J connectivity index is 2.82. The molecule has 0 radical (unpaired) electrons. The number of benzene rings is 1. The molecule has 1 N–H and O–H groups in total. The fourth-order valence-electron chi connectivity index (χ4n) is 1.10. The van der Waals surface area contributed by atoms with Gasteiger partial charge in [0.05, 0.1) is 5.75 Å². The Morgan fingerprint density at radius 3 is 2.67 bits per heavy atom. The Morgan fingerprint density at radius 2 is 2.13 bits per heavy atom. The number of hydrogen-bond acceptors (Lipinski definition) is 3. The summed E-state index contributed by atoms with van der Waals surface area (Å²) in [7, 11) is -3.61. The molecule has 0 aromatic heterocycles. The van der Waals surface area contributed by atoms with Crippen LogP contribution in [0.1, 0.15) is 12.5 Å². The summed E-state index contributed by atoms with van der Waals surface area (Å²) in [5, 5.41) is 0.463. The van der Waals surface area contributed by atoms with Crippen molar-refractivity contribution in [1.82, 2.24) is 4.72 Å². The fourth-order valence-corrected chi connectivity index (χ4v) is 2.44. The fraction of sp³-hybridized carbons (Fsp3) is 0.222. The van der Waals surface area contributed by atoms with E-state index < -0.39 is 15.9 Å². The van der Waals surface area contributed by atoms with E-state index in [0.717, 1.165) is 6.92 Å². The van der Waals surface area contributed by atoms with Crippen molar-refractivity contribution >= 4 is 27.5 Å². The van der Waals surface area contributed by atoms with Crippen LogP contribution in [-0.4, -0.2) is 14.3 Å². The molecule has 15 heavy (non-hydrogen) atoms. The summed E-state index contributed by atoms with van der Waals surface area (Å²) in [6.45, 7) is 1.15. The predicted octanol–water partition coefficient (Wildman–Crippen LogP) is 1.31. The Bertz CT molecular complexity index is 470. The highest BCUT2D eigenvalue weighted by Gasteiger charge is 2.12. The van der Waals surface area contributed by atoms with Gasteiger partial charge in [-0.15, -0.1) is 0 Å². The quantitative estimate of drug-likeness (QED) is 0.876. The lowest BCUT2D eigenvalue weighted by Crippen LogP contribution is -2.29. The lowest BCUT2D eigenvalue weighted by atomic mass is 10.2. The first kappa shape index (κ1) is 12.0.